The van der Waals surface area contributed by atoms with Crippen molar-refractivity contribution >= 4 is 28.9 Å². The Morgan fingerprint density at radius 3 is 2.94 bits per heavy atom. The van der Waals surface area contributed by atoms with E-state index in [9.17, 15) is 4.79 Å². The summed E-state index contributed by atoms with van der Waals surface area (Å²) in [4.78, 5) is 13.8. The van der Waals surface area contributed by atoms with Crippen LogP contribution in [0.15, 0.2) is 18.2 Å². The van der Waals surface area contributed by atoms with Crippen LogP contribution in [0.4, 0.5) is 11.4 Å². The third kappa shape index (κ3) is 2.57. The van der Waals surface area contributed by atoms with Crippen molar-refractivity contribution in [2.24, 2.45) is 0 Å². The summed E-state index contributed by atoms with van der Waals surface area (Å²) in [6.45, 7) is 4.81. The second-order valence-electron chi connectivity index (χ2n) is 4.45. The van der Waals surface area contributed by atoms with Crippen LogP contribution in [-0.4, -0.2) is 29.9 Å². The van der Waals surface area contributed by atoms with E-state index in [0.717, 1.165) is 23.7 Å². The van der Waals surface area contributed by atoms with Gasteiger partial charge in [0.1, 0.15) is 0 Å². The van der Waals surface area contributed by atoms with E-state index in [2.05, 4.69) is 11.8 Å². The van der Waals surface area contributed by atoms with Crippen LogP contribution in [0.25, 0.3) is 0 Å². The quantitative estimate of drug-likeness (QED) is 0.647. The molecule has 0 radical (unpaired) electrons. The van der Waals surface area contributed by atoms with Gasteiger partial charge in [0.15, 0.2) is 5.78 Å². The van der Waals surface area contributed by atoms with Gasteiger partial charge < -0.3 is 10.6 Å². The highest BCUT2D eigenvalue weighted by molar-refractivity contribution is 7.99. The van der Waals surface area contributed by atoms with E-state index in [4.69, 9.17) is 5.73 Å². The average Bonchev–Trinajstić information content (AvgIpc) is 2.30. The van der Waals surface area contributed by atoms with Gasteiger partial charge in [0.25, 0.3) is 0 Å². The summed E-state index contributed by atoms with van der Waals surface area (Å²) >= 11 is 1.98. The second-order valence-corrected chi connectivity index (χ2v) is 5.59. The zero-order valence-electron chi connectivity index (χ0n) is 10.3. The first kappa shape index (κ1) is 12.3. The Morgan fingerprint density at radius 1 is 1.53 bits per heavy atom. The minimum Gasteiger partial charge on any atom is -0.398 e. The molecule has 4 heteroatoms. The molecule has 1 fully saturated rings. The Balaban J connectivity index is 2.32. The summed E-state index contributed by atoms with van der Waals surface area (Å²) in [5.74, 6) is 2.31. The molecular formula is C13H18N2OS. The highest BCUT2D eigenvalue weighted by Crippen LogP contribution is 2.27. The smallest absolute Gasteiger partial charge is 0.161 e. The van der Waals surface area contributed by atoms with E-state index in [1.807, 2.05) is 30.0 Å². The summed E-state index contributed by atoms with van der Waals surface area (Å²) in [7, 11) is 0. The van der Waals surface area contributed by atoms with Crippen LogP contribution in [0.5, 0.6) is 0 Å². The van der Waals surface area contributed by atoms with Gasteiger partial charge in [-0.2, -0.15) is 11.8 Å². The molecule has 92 valence electrons. The molecule has 0 aliphatic carbocycles. The van der Waals surface area contributed by atoms with E-state index in [-0.39, 0.29) is 5.78 Å². The van der Waals surface area contributed by atoms with Crippen LogP contribution in [-0.2, 0) is 0 Å². The molecule has 0 aromatic heterocycles. The maximum Gasteiger partial charge on any atom is 0.161 e. The monoisotopic (exact) mass is 250 g/mol. The topological polar surface area (TPSA) is 46.3 Å². The fourth-order valence-corrected chi connectivity index (χ4v) is 3.15. The molecule has 1 unspecified atom stereocenters. The van der Waals surface area contributed by atoms with Gasteiger partial charge in [-0.05, 0) is 32.0 Å². The van der Waals surface area contributed by atoms with E-state index in [1.165, 1.54) is 0 Å². The first-order valence-electron chi connectivity index (χ1n) is 5.84. The fourth-order valence-electron chi connectivity index (χ4n) is 2.14. The summed E-state index contributed by atoms with van der Waals surface area (Å²) in [5, 5.41) is 0. The summed E-state index contributed by atoms with van der Waals surface area (Å²) in [6.07, 6.45) is 0. The standard InChI is InChI=1S/C13H18N2OS/c1-9-8-17-6-5-15(9)11-3-4-13(14)12(7-11)10(2)16/h3-4,7,9H,5-6,8,14H2,1-2H3. The van der Waals surface area contributed by atoms with Crippen molar-refractivity contribution in [2.75, 3.05) is 28.7 Å². The Morgan fingerprint density at radius 2 is 2.29 bits per heavy atom. The van der Waals surface area contributed by atoms with Crippen LogP contribution >= 0.6 is 11.8 Å². The molecule has 1 aliphatic rings. The van der Waals surface area contributed by atoms with Crippen LogP contribution in [0, 0.1) is 0 Å². The number of benzene rings is 1. The molecular weight excluding hydrogens is 232 g/mol. The van der Waals surface area contributed by atoms with Gasteiger partial charge in [-0.3, -0.25) is 4.79 Å². The minimum absolute atomic E-state index is 0.0309. The molecule has 0 bridgehead atoms. The predicted molar refractivity (Wildman–Crippen MR) is 75.0 cm³/mol. The Bertz CT molecular complexity index is 433. The van der Waals surface area contributed by atoms with Gasteiger partial charge >= 0.3 is 0 Å². The first-order chi connectivity index (χ1) is 8.09. The van der Waals surface area contributed by atoms with Crippen LogP contribution in [0.2, 0.25) is 0 Å². The van der Waals surface area contributed by atoms with Crippen LogP contribution < -0.4 is 10.6 Å². The van der Waals surface area contributed by atoms with Gasteiger partial charge in [0.05, 0.1) is 0 Å². The Hall–Kier alpha value is -1.16. The van der Waals surface area contributed by atoms with Crippen molar-refractivity contribution in [3.63, 3.8) is 0 Å². The lowest BCUT2D eigenvalue weighted by Gasteiger charge is -2.35. The van der Waals surface area contributed by atoms with Crippen LogP contribution in [0.3, 0.4) is 0 Å². The number of hydrogen-bond donors (Lipinski definition) is 1. The molecule has 0 spiro atoms. The molecule has 0 amide bonds. The van der Waals surface area contributed by atoms with E-state index in [0.29, 0.717) is 17.3 Å². The van der Waals surface area contributed by atoms with Crippen molar-refractivity contribution in [1.82, 2.24) is 0 Å². The van der Waals surface area contributed by atoms with Crippen molar-refractivity contribution in [1.29, 1.82) is 0 Å². The third-order valence-corrected chi connectivity index (χ3v) is 4.30. The molecule has 1 saturated heterocycles. The van der Waals surface area contributed by atoms with E-state index >= 15 is 0 Å². The van der Waals surface area contributed by atoms with Crippen LogP contribution in [0.1, 0.15) is 24.2 Å². The summed E-state index contributed by atoms with van der Waals surface area (Å²) in [6, 6.07) is 6.27. The number of nitrogen functional groups attached to an aromatic ring is 1. The predicted octanol–water partition coefficient (Wildman–Crippen LogP) is 2.41. The maximum absolute atomic E-state index is 11.5. The van der Waals surface area contributed by atoms with Gasteiger partial charge in [-0.25, -0.2) is 0 Å². The average molecular weight is 250 g/mol. The number of rotatable bonds is 2. The number of nitrogens with zero attached hydrogens (tertiary/aromatic N) is 1. The first-order valence-corrected chi connectivity index (χ1v) is 7.00. The Kier molecular flexibility index (Phi) is 3.62. The summed E-state index contributed by atoms with van der Waals surface area (Å²) < 4.78 is 0. The van der Waals surface area contributed by atoms with Gasteiger partial charge in [0, 0.05) is 41.0 Å². The second kappa shape index (κ2) is 5.00. The van der Waals surface area contributed by atoms with Crippen molar-refractivity contribution < 1.29 is 4.79 Å². The summed E-state index contributed by atoms with van der Waals surface area (Å²) in [5.41, 5.74) is 8.12. The fraction of sp³-hybridized carbons (Fsp3) is 0.462. The molecule has 0 saturated carbocycles. The number of carbonyl (C=O) groups is 1. The van der Waals surface area contributed by atoms with Crippen molar-refractivity contribution in [3.8, 4) is 0 Å². The van der Waals surface area contributed by atoms with Crippen molar-refractivity contribution in [2.45, 2.75) is 19.9 Å². The lowest BCUT2D eigenvalue weighted by atomic mass is 10.1. The highest BCUT2D eigenvalue weighted by atomic mass is 32.2. The number of nitrogens with two attached hydrogens (primary N) is 1. The lowest BCUT2D eigenvalue weighted by molar-refractivity contribution is 0.101. The largest absolute Gasteiger partial charge is 0.398 e. The number of Topliss-reactive ketones (excluding diaryl/α,β-unsaturated/α-hetero) is 1. The number of carbonyl (C=O) groups excluding carboxylic acids is 1. The van der Waals surface area contributed by atoms with Gasteiger partial charge in [-0.15, -0.1) is 0 Å². The number of hydrogen-bond acceptors (Lipinski definition) is 4. The molecule has 1 aliphatic heterocycles. The van der Waals surface area contributed by atoms with Gasteiger partial charge in [0.2, 0.25) is 0 Å². The molecule has 1 aromatic carbocycles. The van der Waals surface area contributed by atoms with Gasteiger partial charge in [-0.1, -0.05) is 0 Å². The zero-order chi connectivity index (χ0) is 12.4. The third-order valence-electron chi connectivity index (χ3n) is 3.12. The zero-order valence-corrected chi connectivity index (χ0v) is 11.1. The lowest BCUT2D eigenvalue weighted by Crippen LogP contribution is -2.40. The Labute approximate surface area is 106 Å². The van der Waals surface area contributed by atoms with E-state index < -0.39 is 0 Å². The molecule has 1 atom stereocenters. The molecule has 1 heterocycles. The minimum atomic E-state index is 0.0309. The molecule has 3 nitrogen and oxygen atoms in total. The number of anilines is 2. The molecule has 2 rings (SSSR count). The SMILES string of the molecule is CC(=O)c1cc(N2CCSCC2C)ccc1N. The molecule has 1 aromatic rings. The van der Waals surface area contributed by atoms with E-state index in [1.54, 1.807) is 6.92 Å². The van der Waals surface area contributed by atoms with Crippen molar-refractivity contribution in [3.05, 3.63) is 23.8 Å². The number of ketones is 1. The highest BCUT2D eigenvalue weighted by Gasteiger charge is 2.19. The number of thioether (sulfide) groups is 1. The molecule has 17 heavy (non-hydrogen) atoms. The normalized spacial score (nSPS) is 20.4. The molecule has 2 N–H and O–H groups in total. The maximum atomic E-state index is 11.5.